The monoisotopic (exact) mass is 608 g/mol. The number of nitrogens with zero attached hydrogens (tertiary/aromatic N) is 2. The summed E-state index contributed by atoms with van der Waals surface area (Å²) >= 11 is 6.14. The molecule has 1 heterocycles. The summed E-state index contributed by atoms with van der Waals surface area (Å²) in [5.74, 6) is -0.0876. The van der Waals surface area contributed by atoms with Crippen molar-refractivity contribution in [1.29, 1.82) is 0 Å². The number of piperidine rings is 1. The molecule has 0 saturated carbocycles. The van der Waals surface area contributed by atoms with E-state index in [0.717, 1.165) is 25.2 Å². The van der Waals surface area contributed by atoms with Gasteiger partial charge in [0.25, 0.3) is 0 Å². The van der Waals surface area contributed by atoms with Crippen LogP contribution in [0.5, 0.6) is 11.5 Å². The van der Waals surface area contributed by atoms with E-state index in [0.29, 0.717) is 41.0 Å². The highest BCUT2D eigenvalue weighted by Gasteiger charge is 2.19. The van der Waals surface area contributed by atoms with Gasteiger partial charge in [0, 0.05) is 13.1 Å². The first kappa shape index (κ1) is 31.7. The Bertz CT molecular complexity index is 1390. The number of aromatic carboxylic acids is 1. The first-order chi connectivity index (χ1) is 20.8. The maximum Gasteiger partial charge on any atom is 0.335 e. The number of para-hydroxylation sites is 1. The van der Waals surface area contributed by atoms with Crippen LogP contribution in [0.3, 0.4) is 0 Å². The van der Waals surface area contributed by atoms with Gasteiger partial charge in [-0.2, -0.15) is 0 Å². The van der Waals surface area contributed by atoms with Crippen molar-refractivity contribution < 1.29 is 29.0 Å². The lowest BCUT2D eigenvalue weighted by molar-refractivity contribution is -0.131. The van der Waals surface area contributed by atoms with E-state index in [4.69, 9.17) is 26.2 Å². The third-order valence-electron chi connectivity index (χ3n) is 7.21. The summed E-state index contributed by atoms with van der Waals surface area (Å²) in [4.78, 5) is 41.4. The Labute approximate surface area is 256 Å². The van der Waals surface area contributed by atoms with Gasteiger partial charge < -0.3 is 35.0 Å². The molecule has 0 bridgehead atoms. The Hall–Kier alpha value is -4.28. The Morgan fingerprint density at radius 2 is 1.65 bits per heavy atom. The SMILES string of the molecule is COc1cc(CC(=O)N(CCOc2ccc(C(=O)O)cc2)CCN2CCCCC2)ccc1NC(=O)Nc1ccccc1Cl. The number of benzene rings is 3. The highest BCUT2D eigenvalue weighted by atomic mass is 35.5. The molecule has 228 valence electrons. The smallest absolute Gasteiger partial charge is 0.335 e. The van der Waals surface area contributed by atoms with E-state index in [1.54, 1.807) is 59.5 Å². The number of anilines is 2. The van der Waals surface area contributed by atoms with Crippen LogP contribution >= 0.6 is 11.6 Å². The molecule has 0 atom stereocenters. The Morgan fingerprint density at radius 1 is 0.930 bits per heavy atom. The number of methoxy groups -OCH3 is 1. The first-order valence-electron chi connectivity index (χ1n) is 14.3. The van der Waals surface area contributed by atoms with Gasteiger partial charge in [-0.15, -0.1) is 0 Å². The van der Waals surface area contributed by atoms with E-state index >= 15 is 0 Å². The van der Waals surface area contributed by atoms with Crippen LogP contribution in [0.15, 0.2) is 66.7 Å². The van der Waals surface area contributed by atoms with Crippen LogP contribution in [0.2, 0.25) is 5.02 Å². The second-order valence-electron chi connectivity index (χ2n) is 10.2. The highest BCUT2D eigenvalue weighted by molar-refractivity contribution is 6.33. The molecule has 43 heavy (non-hydrogen) atoms. The molecule has 0 spiro atoms. The van der Waals surface area contributed by atoms with Crippen LogP contribution < -0.4 is 20.1 Å². The van der Waals surface area contributed by atoms with Gasteiger partial charge in [-0.25, -0.2) is 9.59 Å². The zero-order valence-corrected chi connectivity index (χ0v) is 24.9. The second-order valence-corrected chi connectivity index (χ2v) is 10.6. The second kappa shape index (κ2) is 15.8. The number of hydrogen-bond donors (Lipinski definition) is 3. The number of halogens is 1. The van der Waals surface area contributed by atoms with E-state index in [1.807, 2.05) is 0 Å². The fraction of sp³-hybridized carbons (Fsp3) is 0.344. The number of ether oxygens (including phenoxy) is 2. The summed E-state index contributed by atoms with van der Waals surface area (Å²) in [6.07, 6.45) is 3.72. The largest absolute Gasteiger partial charge is 0.495 e. The predicted octanol–water partition coefficient (Wildman–Crippen LogP) is 5.63. The summed E-state index contributed by atoms with van der Waals surface area (Å²) in [6.45, 7) is 4.07. The molecule has 1 fully saturated rings. The van der Waals surface area contributed by atoms with Crippen molar-refractivity contribution in [3.05, 3.63) is 82.9 Å². The summed E-state index contributed by atoms with van der Waals surface area (Å²) in [5, 5.41) is 15.0. The zero-order chi connectivity index (χ0) is 30.6. The van der Waals surface area contributed by atoms with Crippen molar-refractivity contribution in [2.24, 2.45) is 0 Å². The molecule has 1 aliphatic heterocycles. The number of carboxylic acids is 1. The van der Waals surface area contributed by atoms with Gasteiger partial charge in [0.05, 0.1) is 42.0 Å². The highest BCUT2D eigenvalue weighted by Crippen LogP contribution is 2.27. The van der Waals surface area contributed by atoms with Gasteiger partial charge in [-0.05, 0) is 80.0 Å². The van der Waals surface area contributed by atoms with Crippen LogP contribution in [0.25, 0.3) is 0 Å². The van der Waals surface area contributed by atoms with Gasteiger partial charge in [0.1, 0.15) is 18.1 Å². The Kier molecular flexibility index (Phi) is 11.6. The van der Waals surface area contributed by atoms with Crippen molar-refractivity contribution in [3.8, 4) is 11.5 Å². The molecule has 1 saturated heterocycles. The van der Waals surface area contributed by atoms with Gasteiger partial charge >= 0.3 is 12.0 Å². The summed E-state index contributed by atoms with van der Waals surface area (Å²) in [5.41, 5.74) is 1.86. The average Bonchev–Trinajstić information content (AvgIpc) is 3.01. The van der Waals surface area contributed by atoms with Crippen LogP contribution in [-0.2, 0) is 11.2 Å². The average molecular weight is 609 g/mol. The zero-order valence-electron chi connectivity index (χ0n) is 24.2. The molecule has 0 unspecified atom stereocenters. The van der Waals surface area contributed by atoms with Crippen molar-refractivity contribution in [2.75, 3.05) is 57.1 Å². The van der Waals surface area contributed by atoms with Crippen molar-refractivity contribution in [2.45, 2.75) is 25.7 Å². The number of amides is 3. The predicted molar refractivity (Wildman–Crippen MR) is 167 cm³/mol. The van der Waals surface area contributed by atoms with E-state index in [2.05, 4.69) is 15.5 Å². The number of rotatable bonds is 13. The lowest BCUT2D eigenvalue weighted by atomic mass is 10.1. The quantitative estimate of drug-likeness (QED) is 0.230. The molecule has 4 rings (SSSR count). The third kappa shape index (κ3) is 9.62. The lowest BCUT2D eigenvalue weighted by Crippen LogP contribution is -2.42. The molecule has 1 aliphatic rings. The molecule has 11 heteroatoms. The molecule has 3 aromatic rings. The fourth-order valence-electron chi connectivity index (χ4n) is 4.85. The van der Waals surface area contributed by atoms with Crippen LogP contribution in [0.1, 0.15) is 35.2 Å². The van der Waals surface area contributed by atoms with Crippen LogP contribution in [-0.4, -0.2) is 79.3 Å². The molecule has 0 radical (unpaired) electrons. The van der Waals surface area contributed by atoms with Crippen LogP contribution in [0.4, 0.5) is 16.2 Å². The molecule has 0 aromatic heterocycles. The Morgan fingerprint density at radius 3 is 2.35 bits per heavy atom. The van der Waals surface area contributed by atoms with Gasteiger partial charge in [0.2, 0.25) is 5.91 Å². The molecule has 0 aliphatic carbocycles. The third-order valence-corrected chi connectivity index (χ3v) is 7.54. The van der Waals surface area contributed by atoms with Crippen molar-refractivity contribution in [3.63, 3.8) is 0 Å². The number of carbonyl (C=O) groups excluding carboxylic acids is 2. The number of nitrogens with one attached hydrogen (secondary N) is 2. The standard InChI is InChI=1S/C32H37ClN4O6/c1-42-29-21-23(9-14-28(29)35-32(41)34-27-8-4-3-7-26(27)33)22-30(38)37(18-17-36-15-5-2-6-16-36)19-20-43-25-12-10-24(11-13-25)31(39)40/h3-4,7-14,21H,2,5-6,15-20,22H2,1H3,(H,39,40)(H2,34,35,41). The minimum atomic E-state index is -0.998. The molecular weight excluding hydrogens is 572 g/mol. The molecule has 3 amide bonds. The Balaban J connectivity index is 1.38. The van der Waals surface area contributed by atoms with Crippen molar-refractivity contribution in [1.82, 2.24) is 9.80 Å². The molecule has 3 N–H and O–H groups in total. The topological polar surface area (TPSA) is 120 Å². The minimum absolute atomic E-state index is 0.0546. The van der Waals surface area contributed by atoms with E-state index in [-0.39, 0.29) is 24.5 Å². The fourth-order valence-corrected chi connectivity index (χ4v) is 5.03. The summed E-state index contributed by atoms with van der Waals surface area (Å²) in [7, 11) is 1.50. The maximum atomic E-state index is 13.5. The number of urea groups is 1. The number of hydrogen-bond acceptors (Lipinski definition) is 6. The summed E-state index contributed by atoms with van der Waals surface area (Å²) in [6, 6.07) is 17.9. The van der Waals surface area contributed by atoms with Crippen LogP contribution in [0, 0.1) is 0 Å². The van der Waals surface area contributed by atoms with Gasteiger partial charge in [0.15, 0.2) is 0 Å². The number of carbonyl (C=O) groups is 3. The first-order valence-corrected chi connectivity index (χ1v) is 14.7. The van der Waals surface area contributed by atoms with E-state index < -0.39 is 12.0 Å². The number of carboxylic acid groups (broad SMARTS) is 1. The van der Waals surface area contributed by atoms with E-state index in [9.17, 15) is 14.4 Å². The van der Waals surface area contributed by atoms with E-state index in [1.165, 1.54) is 38.5 Å². The molecular formula is C32H37ClN4O6. The molecule has 10 nitrogen and oxygen atoms in total. The van der Waals surface area contributed by atoms with Crippen molar-refractivity contribution >= 4 is 40.9 Å². The summed E-state index contributed by atoms with van der Waals surface area (Å²) < 4.78 is 11.3. The van der Waals surface area contributed by atoms with Gasteiger partial charge in [-0.3, -0.25) is 4.79 Å². The number of likely N-dealkylation sites (tertiary alicyclic amines) is 1. The normalized spacial score (nSPS) is 13.2. The van der Waals surface area contributed by atoms with Gasteiger partial charge in [-0.1, -0.05) is 36.2 Å². The molecule has 3 aromatic carbocycles. The lowest BCUT2D eigenvalue weighted by Gasteiger charge is -2.30. The minimum Gasteiger partial charge on any atom is -0.495 e. The maximum absolute atomic E-state index is 13.5.